The van der Waals surface area contributed by atoms with Crippen molar-refractivity contribution in [1.29, 1.82) is 0 Å². The molecule has 2 heterocycles. The van der Waals surface area contributed by atoms with Crippen LogP contribution >= 0.6 is 11.6 Å². The number of carbonyl (C=O) groups excluding carboxylic acids is 1. The van der Waals surface area contributed by atoms with Crippen molar-refractivity contribution in [3.63, 3.8) is 0 Å². The molecule has 1 aliphatic carbocycles. The number of pyridine rings is 1. The number of halogens is 1. The highest BCUT2D eigenvalue weighted by atomic mass is 35.5. The number of rotatable bonds is 7. The third-order valence-corrected chi connectivity index (χ3v) is 6.77. The van der Waals surface area contributed by atoms with Crippen molar-refractivity contribution in [3.05, 3.63) is 85.9 Å². The highest BCUT2D eigenvalue weighted by Crippen LogP contribution is 2.27. The van der Waals surface area contributed by atoms with Gasteiger partial charge in [-0.05, 0) is 37.1 Å². The summed E-state index contributed by atoms with van der Waals surface area (Å²) in [4.78, 5) is 42.3. The van der Waals surface area contributed by atoms with Gasteiger partial charge in [-0.15, -0.1) is 0 Å². The van der Waals surface area contributed by atoms with Crippen molar-refractivity contribution >= 4 is 17.5 Å². The first kappa shape index (κ1) is 25.7. The molecule has 3 aromatic rings. The van der Waals surface area contributed by atoms with Gasteiger partial charge in [-0.25, -0.2) is 4.79 Å². The van der Waals surface area contributed by atoms with Crippen molar-refractivity contribution in [1.82, 2.24) is 24.6 Å². The van der Waals surface area contributed by atoms with E-state index in [1.165, 1.54) is 24.4 Å². The number of benzene rings is 1. The summed E-state index contributed by atoms with van der Waals surface area (Å²) < 4.78 is 1.82. The molecule has 190 valence electrons. The number of hydrogen-bond acceptors (Lipinski definition) is 7. The van der Waals surface area contributed by atoms with E-state index < -0.39 is 28.9 Å². The first-order valence-corrected chi connectivity index (χ1v) is 12.2. The molecule has 1 atom stereocenters. The SMILES string of the molecule is O=C(NCC1(O)CCCCCC1)c1cc(-n2ncc(=O)n(CC(O)c3cccnc3)c2=O)ccc1Cl. The van der Waals surface area contributed by atoms with Crippen LogP contribution in [0.25, 0.3) is 5.69 Å². The van der Waals surface area contributed by atoms with E-state index in [2.05, 4.69) is 15.4 Å². The van der Waals surface area contributed by atoms with Crippen LogP contribution in [0.15, 0.2) is 58.5 Å². The Hall–Kier alpha value is -3.34. The summed E-state index contributed by atoms with van der Waals surface area (Å²) in [5.41, 5.74) is -1.65. The van der Waals surface area contributed by atoms with Gasteiger partial charge in [-0.2, -0.15) is 9.78 Å². The molecule has 1 fully saturated rings. The van der Waals surface area contributed by atoms with Gasteiger partial charge in [0.15, 0.2) is 0 Å². The number of carbonyl (C=O) groups is 1. The second-order valence-electron chi connectivity index (χ2n) is 9.08. The van der Waals surface area contributed by atoms with Gasteiger partial charge in [0.2, 0.25) is 0 Å². The lowest BCUT2D eigenvalue weighted by atomic mass is 9.94. The minimum Gasteiger partial charge on any atom is -0.388 e. The van der Waals surface area contributed by atoms with E-state index in [-0.39, 0.29) is 29.4 Å². The van der Waals surface area contributed by atoms with Crippen molar-refractivity contribution in [3.8, 4) is 5.69 Å². The molecule has 0 saturated heterocycles. The van der Waals surface area contributed by atoms with Gasteiger partial charge < -0.3 is 15.5 Å². The number of aromatic nitrogens is 4. The first-order valence-electron chi connectivity index (χ1n) is 11.9. The normalized spacial score (nSPS) is 16.2. The van der Waals surface area contributed by atoms with Crippen LogP contribution in [0.3, 0.4) is 0 Å². The Bertz CT molecular complexity index is 1330. The minimum absolute atomic E-state index is 0.0989. The Kier molecular flexibility index (Phi) is 7.97. The molecule has 1 aliphatic rings. The fourth-order valence-corrected chi connectivity index (χ4v) is 4.56. The predicted molar refractivity (Wildman–Crippen MR) is 133 cm³/mol. The third-order valence-electron chi connectivity index (χ3n) is 6.44. The summed E-state index contributed by atoms with van der Waals surface area (Å²) >= 11 is 6.27. The fourth-order valence-electron chi connectivity index (χ4n) is 4.35. The lowest BCUT2D eigenvalue weighted by molar-refractivity contribution is 0.0246. The number of amides is 1. The van der Waals surface area contributed by atoms with Crippen LogP contribution < -0.4 is 16.6 Å². The molecule has 0 bridgehead atoms. The average Bonchev–Trinajstić information content (AvgIpc) is 3.11. The first-order chi connectivity index (χ1) is 17.3. The molecule has 4 rings (SSSR count). The monoisotopic (exact) mass is 513 g/mol. The van der Waals surface area contributed by atoms with E-state index >= 15 is 0 Å². The summed E-state index contributed by atoms with van der Waals surface area (Å²) in [5.74, 6) is -0.493. The minimum atomic E-state index is -1.14. The van der Waals surface area contributed by atoms with Crippen LogP contribution in [0.2, 0.25) is 5.02 Å². The molecule has 36 heavy (non-hydrogen) atoms. The zero-order valence-corrected chi connectivity index (χ0v) is 20.4. The highest BCUT2D eigenvalue weighted by molar-refractivity contribution is 6.33. The Morgan fingerprint density at radius 3 is 2.58 bits per heavy atom. The van der Waals surface area contributed by atoms with E-state index in [0.717, 1.165) is 41.1 Å². The number of aliphatic hydroxyl groups is 2. The lowest BCUT2D eigenvalue weighted by Gasteiger charge is -2.26. The number of nitrogens with one attached hydrogen (secondary N) is 1. The summed E-state index contributed by atoms with van der Waals surface area (Å²) in [6.07, 6.45) is 8.00. The Labute approximate surface area is 212 Å². The molecule has 1 unspecified atom stereocenters. The number of aliphatic hydroxyl groups excluding tert-OH is 1. The number of nitrogens with zero attached hydrogens (tertiary/aromatic N) is 4. The average molecular weight is 514 g/mol. The molecule has 2 aromatic heterocycles. The predicted octanol–water partition coefficient (Wildman–Crippen LogP) is 1.99. The van der Waals surface area contributed by atoms with Gasteiger partial charge in [0, 0.05) is 24.5 Å². The Morgan fingerprint density at radius 2 is 1.89 bits per heavy atom. The molecular formula is C25H28ClN5O5. The molecule has 11 heteroatoms. The zero-order valence-electron chi connectivity index (χ0n) is 19.6. The van der Waals surface area contributed by atoms with Gasteiger partial charge in [-0.1, -0.05) is 43.4 Å². The van der Waals surface area contributed by atoms with Crippen LogP contribution in [-0.2, 0) is 6.54 Å². The molecule has 10 nitrogen and oxygen atoms in total. The maximum atomic E-state index is 13.1. The summed E-state index contributed by atoms with van der Waals surface area (Å²) in [6, 6.07) is 7.63. The van der Waals surface area contributed by atoms with E-state index in [4.69, 9.17) is 11.6 Å². The quantitative estimate of drug-likeness (QED) is 0.410. The summed E-state index contributed by atoms with van der Waals surface area (Å²) in [7, 11) is 0. The van der Waals surface area contributed by atoms with Crippen LogP contribution in [0, 0.1) is 0 Å². The topological polar surface area (TPSA) is 139 Å². The van der Waals surface area contributed by atoms with E-state index in [1.54, 1.807) is 18.3 Å². The molecular weight excluding hydrogens is 486 g/mol. The summed E-state index contributed by atoms with van der Waals surface area (Å²) in [6.45, 7) is -0.201. The van der Waals surface area contributed by atoms with Crippen LogP contribution in [0.5, 0.6) is 0 Å². The second kappa shape index (κ2) is 11.2. The van der Waals surface area contributed by atoms with Gasteiger partial charge in [0.1, 0.15) is 6.20 Å². The van der Waals surface area contributed by atoms with Crippen molar-refractivity contribution in [2.75, 3.05) is 6.54 Å². The zero-order chi connectivity index (χ0) is 25.7. The molecule has 1 aromatic carbocycles. The molecule has 0 spiro atoms. The lowest BCUT2D eigenvalue weighted by Crippen LogP contribution is -2.43. The Morgan fingerprint density at radius 1 is 1.14 bits per heavy atom. The molecule has 3 N–H and O–H groups in total. The van der Waals surface area contributed by atoms with Crippen LogP contribution in [-0.4, -0.2) is 47.6 Å². The van der Waals surface area contributed by atoms with E-state index in [1.807, 2.05) is 0 Å². The maximum absolute atomic E-state index is 13.1. The van der Waals surface area contributed by atoms with Crippen LogP contribution in [0.4, 0.5) is 0 Å². The van der Waals surface area contributed by atoms with Crippen LogP contribution in [0.1, 0.15) is 60.6 Å². The molecule has 1 saturated carbocycles. The number of hydrogen-bond donors (Lipinski definition) is 3. The Balaban J connectivity index is 1.58. The van der Waals surface area contributed by atoms with Crippen molar-refractivity contribution < 1.29 is 15.0 Å². The third kappa shape index (κ3) is 5.89. The fraction of sp³-hybridized carbons (Fsp3) is 0.400. The smallest absolute Gasteiger partial charge is 0.352 e. The van der Waals surface area contributed by atoms with E-state index in [0.29, 0.717) is 18.4 Å². The van der Waals surface area contributed by atoms with Crippen molar-refractivity contribution in [2.45, 2.75) is 56.8 Å². The largest absolute Gasteiger partial charge is 0.388 e. The van der Waals surface area contributed by atoms with Gasteiger partial charge >= 0.3 is 5.69 Å². The molecule has 0 radical (unpaired) electrons. The van der Waals surface area contributed by atoms with Gasteiger partial charge in [0.05, 0.1) is 34.5 Å². The standard InChI is InChI=1S/C25H28ClN5O5/c26-20-8-7-18(12-19(20)23(34)28-16-25(36)9-3-1-2-4-10-25)31-24(35)30(22(33)14-29-31)15-21(32)17-6-5-11-27-13-17/h5-8,11-14,21,32,36H,1-4,9-10,15-16H2,(H,28,34). The van der Waals surface area contributed by atoms with Crippen molar-refractivity contribution in [2.24, 2.45) is 0 Å². The molecule has 1 amide bonds. The highest BCUT2D eigenvalue weighted by Gasteiger charge is 2.29. The summed E-state index contributed by atoms with van der Waals surface area (Å²) in [5, 5.41) is 28.2. The van der Waals surface area contributed by atoms with Gasteiger partial charge in [-0.3, -0.25) is 19.1 Å². The molecule has 0 aliphatic heterocycles. The maximum Gasteiger partial charge on any atom is 0.352 e. The van der Waals surface area contributed by atoms with E-state index in [9.17, 15) is 24.6 Å². The second-order valence-corrected chi connectivity index (χ2v) is 9.48. The van der Waals surface area contributed by atoms with Gasteiger partial charge in [0.25, 0.3) is 11.5 Å².